The molecule has 2 aromatic rings. The second kappa shape index (κ2) is 10.7. The normalized spacial score (nSPS) is 18.2. The van der Waals surface area contributed by atoms with Crippen molar-refractivity contribution in [1.82, 2.24) is 10.2 Å². The number of benzene rings is 2. The van der Waals surface area contributed by atoms with Crippen LogP contribution in [0.5, 0.6) is 11.5 Å². The first-order chi connectivity index (χ1) is 17.6. The van der Waals surface area contributed by atoms with Crippen molar-refractivity contribution in [2.45, 2.75) is 38.3 Å². The lowest BCUT2D eigenvalue weighted by atomic mass is 10.0. The molecule has 2 aromatic carbocycles. The molecule has 37 heavy (non-hydrogen) atoms. The summed E-state index contributed by atoms with van der Waals surface area (Å²) in [4.78, 5) is 42.2. The molecule has 1 fully saturated rings. The Morgan fingerprint density at radius 3 is 2.70 bits per heavy atom. The number of hydrogen-bond acceptors (Lipinski definition) is 8. The zero-order valence-corrected chi connectivity index (χ0v) is 19.3. The van der Waals surface area contributed by atoms with Gasteiger partial charge in [-0.1, -0.05) is 18.2 Å². The van der Waals surface area contributed by atoms with Crippen molar-refractivity contribution in [2.75, 3.05) is 6.61 Å². The summed E-state index contributed by atoms with van der Waals surface area (Å²) in [5.74, 6) is 4.26. The molecule has 13 heteroatoms. The minimum atomic E-state index is -4.79. The van der Waals surface area contributed by atoms with E-state index in [1.54, 1.807) is 24.3 Å². The van der Waals surface area contributed by atoms with Gasteiger partial charge in [-0.2, -0.15) is 5.10 Å². The molecular weight excluding hydrogens is 495 g/mol. The fraction of sp³-hybridized carbons (Fsp3) is 0.292. The van der Waals surface area contributed by atoms with Gasteiger partial charge in [0.05, 0.1) is 13.1 Å². The van der Waals surface area contributed by atoms with Crippen LogP contribution >= 0.6 is 0 Å². The Hall–Kier alpha value is -4.42. The van der Waals surface area contributed by atoms with Gasteiger partial charge in [0.25, 0.3) is 5.91 Å². The van der Waals surface area contributed by atoms with Gasteiger partial charge in [0, 0.05) is 23.8 Å². The predicted molar refractivity (Wildman–Crippen MR) is 125 cm³/mol. The van der Waals surface area contributed by atoms with E-state index in [0.29, 0.717) is 22.4 Å². The maximum absolute atomic E-state index is 12.9. The van der Waals surface area contributed by atoms with Gasteiger partial charge in [0.2, 0.25) is 11.8 Å². The zero-order valence-electron chi connectivity index (χ0n) is 19.3. The summed E-state index contributed by atoms with van der Waals surface area (Å²) in [5.41, 5.74) is 1.70. The van der Waals surface area contributed by atoms with Crippen LogP contribution in [0.25, 0.3) is 0 Å². The number of halogens is 3. The number of nitrogens with two attached hydrogens (primary N) is 1. The maximum Gasteiger partial charge on any atom is 0.573 e. The molecule has 2 heterocycles. The number of imide groups is 1. The topological polar surface area (TPSA) is 136 Å². The zero-order chi connectivity index (χ0) is 26.6. The highest BCUT2D eigenvalue weighted by Crippen LogP contribution is 2.33. The van der Waals surface area contributed by atoms with Gasteiger partial charge in [-0.3, -0.25) is 24.7 Å². The van der Waals surface area contributed by atoms with Gasteiger partial charge in [0.15, 0.2) is 0 Å². The van der Waals surface area contributed by atoms with Crippen LogP contribution < -0.4 is 20.6 Å². The maximum atomic E-state index is 12.9. The lowest BCUT2D eigenvalue weighted by molar-refractivity contribution is -0.274. The summed E-state index contributed by atoms with van der Waals surface area (Å²) in [6, 6.07) is 9.61. The third-order valence-electron chi connectivity index (χ3n) is 5.73. The van der Waals surface area contributed by atoms with Crippen LogP contribution in [0.1, 0.15) is 34.3 Å². The average molecular weight is 517 g/mol. The van der Waals surface area contributed by atoms with Crippen LogP contribution in [-0.4, -0.2) is 53.6 Å². The summed E-state index contributed by atoms with van der Waals surface area (Å²) in [5, 5.41) is 5.88. The van der Waals surface area contributed by atoms with E-state index in [9.17, 15) is 27.6 Å². The summed E-state index contributed by atoms with van der Waals surface area (Å²) in [7, 11) is 0. The highest BCUT2D eigenvalue weighted by atomic mass is 19.4. The van der Waals surface area contributed by atoms with Crippen LogP contribution in [0, 0.1) is 0 Å². The smallest absolute Gasteiger partial charge is 0.487 e. The number of fused-ring (bicyclic) bond motifs is 1. The third kappa shape index (κ3) is 6.23. The Bertz CT molecular complexity index is 1280. The van der Waals surface area contributed by atoms with Crippen LogP contribution in [0.15, 0.2) is 52.6 Å². The molecule has 0 saturated carbocycles. The van der Waals surface area contributed by atoms with Gasteiger partial charge >= 0.3 is 6.36 Å². The number of amides is 3. The van der Waals surface area contributed by atoms with E-state index in [1.807, 2.05) is 0 Å². The van der Waals surface area contributed by atoms with E-state index >= 15 is 0 Å². The number of aliphatic imine (C=N–C) groups is 1. The quantitative estimate of drug-likeness (QED) is 0.239. The van der Waals surface area contributed by atoms with Crippen LogP contribution in [-0.2, 0) is 22.7 Å². The molecule has 1 atom stereocenters. The number of hydrogen-bond donors (Lipinski definition) is 2. The van der Waals surface area contributed by atoms with Crippen molar-refractivity contribution in [3.05, 3.63) is 59.2 Å². The first kappa shape index (κ1) is 25.7. The molecule has 2 aliphatic rings. The van der Waals surface area contributed by atoms with E-state index in [0.717, 1.165) is 0 Å². The van der Waals surface area contributed by atoms with Crippen molar-refractivity contribution in [2.24, 2.45) is 15.9 Å². The molecule has 3 amide bonds. The Labute approximate surface area is 208 Å². The number of carbonyl (C=O) groups excluding carboxylic acids is 3. The lowest BCUT2D eigenvalue weighted by Gasteiger charge is -2.29. The predicted octanol–water partition coefficient (Wildman–Crippen LogP) is 2.31. The molecule has 2 aliphatic heterocycles. The molecule has 4 rings (SSSR count). The highest BCUT2D eigenvalue weighted by Gasteiger charge is 2.40. The van der Waals surface area contributed by atoms with Gasteiger partial charge in [-0.15, -0.1) is 13.2 Å². The SMILES string of the molecule is NN=C(C=NCc1cccc(OC(F)(F)F)c1)COc1cccc2c1CN(C1CCC(=O)NC1=O)C2=O. The Balaban J connectivity index is 1.38. The number of nitrogens with zero attached hydrogens (tertiary/aromatic N) is 3. The van der Waals surface area contributed by atoms with E-state index in [2.05, 4.69) is 20.1 Å². The monoisotopic (exact) mass is 517 g/mol. The molecule has 0 bridgehead atoms. The first-order valence-electron chi connectivity index (χ1n) is 11.1. The van der Waals surface area contributed by atoms with Crippen molar-refractivity contribution in [1.29, 1.82) is 0 Å². The molecule has 194 valence electrons. The lowest BCUT2D eigenvalue weighted by Crippen LogP contribution is -2.52. The van der Waals surface area contributed by atoms with E-state index in [-0.39, 0.29) is 55.8 Å². The Morgan fingerprint density at radius 1 is 1.19 bits per heavy atom. The fourth-order valence-electron chi connectivity index (χ4n) is 4.05. The van der Waals surface area contributed by atoms with Crippen molar-refractivity contribution >= 4 is 29.6 Å². The molecule has 1 unspecified atom stereocenters. The summed E-state index contributed by atoms with van der Waals surface area (Å²) in [6.07, 6.45) is -3.07. The summed E-state index contributed by atoms with van der Waals surface area (Å²) in [6.45, 7) is 0.0840. The standard InChI is InChI=1S/C24H22F3N5O5/c25-24(26,27)37-16-4-1-3-14(9-16)10-29-11-15(31-28)13-36-20-6-2-5-17-18(20)12-32(23(17)35)19-7-8-21(33)30-22(19)34/h1-6,9,11,19H,7-8,10,12-13,28H2,(H,30,33,34). The second-order valence-electron chi connectivity index (χ2n) is 8.26. The molecule has 0 radical (unpaired) electrons. The Kier molecular flexibility index (Phi) is 7.41. The minimum Gasteiger partial charge on any atom is -0.487 e. The highest BCUT2D eigenvalue weighted by molar-refractivity contribution is 6.31. The minimum absolute atomic E-state index is 0.0459. The Morgan fingerprint density at radius 2 is 1.97 bits per heavy atom. The number of alkyl halides is 3. The molecule has 10 nitrogen and oxygen atoms in total. The van der Waals surface area contributed by atoms with Crippen molar-refractivity contribution in [3.8, 4) is 11.5 Å². The van der Waals surface area contributed by atoms with Crippen LogP contribution in [0.2, 0.25) is 0 Å². The molecule has 3 N–H and O–H groups in total. The van der Waals surface area contributed by atoms with E-state index in [4.69, 9.17) is 10.6 Å². The number of rotatable bonds is 8. The van der Waals surface area contributed by atoms with Crippen molar-refractivity contribution < 1.29 is 37.0 Å². The summed E-state index contributed by atoms with van der Waals surface area (Å²) < 4.78 is 46.9. The van der Waals surface area contributed by atoms with Gasteiger partial charge in [-0.25, -0.2) is 0 Å². The fourth-order valence-corrected chi connectivity index (χ4v) is 4.05. The van der Waals surface area contributed by atoms with E-state index in [1.165, 1.54) is 29.3 Å². The van der Waals surface area contributed by atoms with Crippen LogP contribution in [0.3, 0.4) is 0 Å². The number of carbonyl (C=O) groups is 3. The number of hydrazone groups is 1. The molecule has 0 aromatic heterocycles. The van der Waals surface area contributed by atoms with E-state index < -0.39 is 18.3 Å². The molecule has 1 saturated heterocycles. The average Bonchev–Trinajstić information content (AvgIpc) is 3.17. The molecule has 0 aliphatic carbocycles. The van der Waals surface area contributed by atoms with Crippen molar-refractivity contribution in [3.63, 3.8) is 0 Å². The van der Waals surface area contributed by atoms with Crippen LogP contribution in [0.4, 0.5) is 13.2 Å². The number of nitrogens with one attached hydrogen (secondary N) is 1. The molecule has 0 spiro atoms. The summed E-state index contributed by atoms with van der Waals surface area (Å²) >= 11 is 0. The van der Waals surface area contributed by atoms with Gasteiger partial charge in [0.1, 0.15) is 29.9 Å². The molecular formula is C24H22F3N5O5. The van der Waals surface area contributed by atoms with Gasteiger partial charge < -0.3 is 20.2 Å². The van der Waals surface area contributed by atoms with Gasteiger partial charge in [-0.05, 0) is 36.2 Å². The third-order valence-corrected chi connectivity index (χ3v) is 5.73. The number of piperidine rings is 1. The first-order valence-corrected chi connectivity index (χ1v) is 11.1. The number of ether oxygens (including phenoxy) is 2. The largest absolute Gasteiger partial charge is 0.573 e. The second-order valence-corrected chi connectivity index (χ2v) is 8.26.